The zero-order chi connectivity index (χ0) is 31.1. The quantitative estimate of drug-likeness (QED) is 0.0599. The highest BCUT2D eigenvalue weighted by molar-refractivity contribution is 7.47. The van der Waals surface area contributed by atoms with Gasteiger partial charge in [-0.05, 0) is 37.1 Å². The van der Waals surface area contributed by atoms with E-state index < -0.39 is 20.0 Å². The number of phosphoric ester groups is 1. The van der Waals surface area contributed by atoms with Crippen LogP contribution in [0.1, 0.15) is 116 Å². The first-order valence-corrected chi connectivity index (χ1v) is 18.0. The average molecular weight is 634 g/mol. The first kappa shape index (κ1) is 38.9. The first-order valence-electron chi connectivity index (χ1n) is 16.2. The maximum absolute atomic E-state index is 12.5. The van der Waals surface area contributed by atoms with Gasteiger partial charge in [-0.1, -0.05) is 115 Å². The van der Waals surface area contributed by atoms with Crippen LogP contribution in [0.15, 0.2) is 24.3 Å². The number of anilines is 1. The van der Waals surface area contributed by atoms with Crippen molar-refractivity contribution in [2.75, 3.05) is 46.2 Å². The van der Waals surface area contributed by atoms with Gasteiger partial charge in [0.1, 0.15) is 19.3 Å². The van der Waals surface area contributed by atoms with E-state index in [0.29, 0.717) is 28.2 Å². The summed E-state index contributed by atoms with van der Waals surface area (Å²) in [6, 6.07) is 6.69. The summed E-state index contributed by atoms with van der Waals surface area (Å²) >= 11 is 5.91. The number of quaternary nitrogens is 1. The predicted octanol–water partition coefficient (Wildman–Crippen LogP) is 9.75. The summed E-state index contributed by atoms with van der Waals surface area (Å²) in [5.74, 6) is 0. The number of benzene rings is 1. The molecule has 0 aliphatic rings. The summed E-state index contributed by atoms with van der Waals surface area (Å²) in [4.78, 5) is 22.6. The maximum Gasteiger partial charge on any atom is 0.472 e. The second-order valence-corrected chi connectivity index (χ2v) is 14.3. The predicted molar refractivity (Wildman–Crippen MR) is 174 cm³/mol. The second-order valence-electron chi connectivity index (χ2n) is 12.4. The maximum atomic E-state index is 12.5. The third kappa shape index (κ3) is 23.3. The van der Waals surface area contributed by atoms with E-state index >= 15 is 0 Å². The van der Waals surface area contributed by atoms with Crippen molar-refractivity contribution in [2.24, 2.45) is 0 Å². The molecule has 1 rings (SSSR count). The molecule has 0 spiro atoms. The van der Waals surface area contributed by atoms with Gasteiger partial charge in [-0.15, -0.1) is 0 Å². The van der Waals surface area contributed by atoms with Crippen LogP contribution in [0.4, 0.5) is 10.5 Å². The van der Waals surface area contributed by atoms with E-state index in [0.717, 1.165) is 19.3 Å². The molecule has 8 nitrogen and oxygen atoms in total. The molecule has 0 aliphatic carbocycles. The molecule has 0 aromatic heterocycles. The minimum Gasteiger partial charge on any atom is -0.444 e. The third-order valence-corrected chi connectivity index (χ3v) is 8.42. The van der Waals surface area contributed by atoms with Gasteiger partial charge in [-0.2, -0.15) is 0 Å². The van der Waals surface area contributed by atoms with Crippen LogP contribution in [-0.2, 0) is 18.3 Å². The van der Waals surface area contributed by atoms with Crippen molar-refractivity contribution in [3.05, 3.63) is 29.3 Å². The number of amides is 1. The number of hydrogen-bond donors (Lipinski definition) is 2. The van der Waals surface area contributed by atoms with E-state index in [-0.39, 0.29) is 13.2 Å². The molecule has 1 aromatic carbocycles. The Morgan fingerprint density at radius 1 is 0.833 bits per heavy atom. The fraction of sp³-hybridized carbons (Fsp3) is 0.781. The van der Waals surface area contributed by atoms with Crippen LogP contribution in [0.5, 0.6) is 0 Å². The lowest BCUT2D eigenvalue weighted by Gasteiger charge is -2.24. The van der Waals surface area contributed by atoms with Crippen molar-refractivity contribution >= 4 is 31.2 Å². The van der Waals surface area contributed by atoms with Gasteiger partial charge in [0, 0.05) is 10.7 Å². The van der Waals surface area contributed by atoms with Crippen molar-refractivity contribution in [1.82, 2.24) is 0 Å². The van der Waals surface area contributed by atoms with Gasteiger partial charge >= 0.3 is 13.9 Å². The number of ether oxygens (including phenoxy) is 1. The Kier molecular flexibility index (Phi) is 21.5. The summed E-state index contributed by atoms with van der Waals surface area (Å²) in [5, 5.41) is 3.23. The number of carbonyl (C=O) groups is 1. The van der Waals surface area contributed by atoms with Crippen molar-refractivity contribution in [2.45, 2.75) is 122 Å². The fourth-order valence-corrected chi connectivity index (χ4v) is 5.44. The van der Waals surface area contributed by atoms with E-state index in [1.54, 1.807) is 24.3 Å². The lowest BCUT2D eigenvalue weighted by molar-refractivity contribution is -0.870. The highest BCUT2D eigenvalue weighted by atomic mass is 35.5. The summed E-state index contributed by atoms with van der Waals surface area (Å²) in [6.45, 7) is 2.68. The van der Waals surface area contributed by atoms with Crippen LogP contribution in [0.2, 0.25) is 5.02 Å². The lowest BCUT2D eigenvalue weighted by atomic mass is 10.0. The van der Waals surface area contributed by atoms with Crippen LogP contribution in [0.3, 0.4) is 0 Å². The Bertz CT molecular complexity index is 866. The van der Waals surface area contributed by atoms with Crippen LogP contribution in [0.25, 0.3) is 0 Å². The number of nitrogens with zero attached hydrogens (tertiary/aromatic N) is 1. The monoisotopic (exact) mass is 633 g/mol. The number of likely N-dealkylation sites (N-methyl/N-ethyl adjacent to an activating group) is 1. The van der Waals surface area contributed by atoms with Gasteiger partial charge in [-0.3, -0.25) is 14.4 Å². The Balaban J connectivity index is 2.31. The third-order valence-electron chi connectivity index (χ3n) is 7.18. The Hall–Kier alpha value is -1.15. The number of hydrogen-bond acceptors (Lipinski definition) is 5. The minimum absolute atomic E-state index is 0.0823. The van der Waals surface area contributed by atoms with Crippen molar-refractivity contribution < 1.29 is 32.5 Å². The number of phosphoric acid groups is 1. The van der Waals surface area contributed by atoms with Gasteiger partial charge in [0.2, 0.25) is 0 Å². The zero-order valence-electron chi connectivity index (χ0n) is 26.8. The molecule has 0 aliphatic heterocycles. The van der Waals surface area contributed by atoms with E-state index in [1.165, 1.54) is 83.5 Å². The van der Waals surface area contributed by atoms with Crippen molar-refractivity contribution in [3.8, 4) is 0 Å². The number of carbonyl (C=O) groups excluding carboxylic acids is 1. The standard InChI is InChI=1S/C32H58ClN2O6P/c1-5-6-7-8-9-10-11-12-13-14-15-16-17-18-19-20-21-31(28-40-42(37,38)39-27-26-35(2,3)4)41-32(36)34-30-24-22-29(33)23-25-30/h22-25,31H,5-21,26-28H2,1-4H3,(H-,34,36,37,38)/p+1. The Morgan fingerprint density at radius 2 is 1.31 bits per heavy atom. The molecule has 0 saturated carbocycles. The Labute approximate surface area is 261 Å². The van der Waals surface area contributed by atoms with Gasteiger partial charge in [0.05, 0.1) is 27.7 Å². The van der Waals surface area contributed by atoms with Gasteiger partial charge < -0.3 is 14.1 Å². The molecule has 2 atom stereocenters. The zero-order valence-corrected chi connectivity index (χ0v) is 28.4. The molecule has 1 aromatic rings. The molecule has 0 saturated heterocycles. The van der Waals surface area contributed by atoms with Gasteiger partial charge in [-0.25, -0.2) is 9.36 Å². The topological polar surface area (TPSA) is 94.1 Å². The number of nitrogens with one attached hydrogen (secondary N) is 1. The molecule has 2 unspecified atom stereocenters. The summed E-state index contributed by atoms with van der Waals surface area (Å²) in [7, 11) is 1.64. The summed E-state index contributed by atoms with van der Waals surface area (Å²) in [6.07, 6.45) is 19.6. The van der Waals surface area contributed by atoms with E-state index in [2.05, 4.69) is 12.2 Å². The first-order chi connectivity index (χ1) is 20.0. The van der Waals surface area contributed by atoms with Crippen LogP contribution >= 0.6 is 19.4 Å². The van der Waals surface area contributed by atoms with Crippen molar-refractivity contribution in [3.63, 3.8) is 0 Å². The lowest BCUT2D eigenvalue weighted by Crippen LogP contribution is -2.37. The number of unbranched alkanes of at least 4 members (excludes halogenated alkanes) is 15. The molecule has 2 N–H and O–H groups in total. The second kappa shape index (κ2) is 23.3. The Morgan fingerprint density at radius 3 is 1.79 bits per heavy atom. The molecule has 0 fully saturated rings. The smallest absolute Gasteiger partial charge is 0.444 e. The summed E-state index contributed by atoms with van der Waals surface area (Å²) < 4.78 is 28.8. The molecular weight excluding hydrogens is 575 g/mol. The molecule has 0 bridgehead atoms. The normalized spacial score (nSPS) is 14.0. The van der Waals surface area contributed by atoms with Crippen LogP contribution < -0.4 is 5.32 Å². The van der Waals surface area contributed by atoms with E-state index in [4.69, 9.17) is 25.4 Å². The summed E-state index contributed by atoms with van der Waals surface area (Å²) in [5.41, 5.74) is 0.544. The van der Waals surface area contributed by atoms with Gasteiger partial charge in [0.15, 0.2) is 0 Å². The SMILES string of the molecule is CCCCCCCCCCCCCCCCCCC(COP(=O)(O)OCC[N+](C)(C)C)OC(=O)Nc1ccc(Cl)cc1. The molecule has 10 heteroatoms. The average Bonchev–Trinajstić information content (AvgIpc) is 2.91. The fourth-order valence-electron chi connectivity index (χ4n) is 4.57. The van der Waals surface area contributed by atoms with Crippen molar-refractivity contribution in [1.29, 1.82) is 0 Å². The molecular formula is C32H59ClN2O6P+. The molecule has 0 radical (unpaired) electrons. The largest absolute Gasteiger partial charge is 0.472 e. The molecule has 42 heavy (non-hydrogen) atoms. The van der Waals surface area contributed by atoms with E-state index in [9.17, 15) is 14.3 Å². The van der Waals surface area contributed by atoms with Crippen LogP contribution in [-0.4, -0.2) is 62.5 Å². The minimum atomic E-state index is -4.26. The van der Waals surface area contributed by atoms with E-state index in [1.807, 2.05) is 21.1 Å². The van der Waals surface area contributed by atoms with Gasteiger partial charge in [0.25, 0.3) is 0 Å². The number of halogens is 1. The van der Waals surface area contributed by atoms with Crippen LogP contribution in [0, 0.1) is 0 Å². The molecule has 244 valence electrons. The number of rotatable bonds is 26. The molecule has 1 amide bonds. The molecule has 0 heterocycles. The highest BCUT2D eigenvalue weighted by Crippen LogP contribution is 2.43. The highest BCUT2D eigenvalue weighted by Gasteiger charge is 2.26.